The zero-order chi connectivity index (χ0) is 24.6. The first kappa shape index (κ1) is 23.3. The molecule has 0 saturated carbocycles. The third kappa shape index (κ3) is 4.04. The Labute approximate surface area is 211 Å². The summed E-state index contributed by atoms with van der Waals surface area (Å²) < 4.78 is 11.9. The number of anilines is 1. The minimum Gasteiger partial charge on any atom is -0.490 e. The first-order valence-electron chi connectivity index (χ1n) is 11.9. The lowest BCUT2D eigenvalue weighted by molar-refractivity contribution is -0.118. The summed E-state index contributed by atoms with van der Waals surface area (Å²) in [6.07, 6.45) is 4.16. The van der Waals surface area contributed by atoms with Gasteiger partial charge in [0, 0.05) is 16.1 Å². The summed E-state index contributed by atoms with van der Waals surface area (Å²) in [6, 6.07) is 21.8. The van der Waals surface area contributed by atoms with Crippen LogP contribution in [0.1, 0.15) is 37.5 Å². The minimum absolute atomic E-state index is 0.0250. The highest BCUT2D eigenvalue weighted by Gasteiger charge is 2.59. The van der Waals surface area contributed by atoms with Crippen molar-refractivity contribution in [1.29, 1.82) is 0 Å². The molecule has 180 valence electrons. The molecular formula is C29H29ClN2O3. The fraction of sp³-hybridized carbons (Fsp3) is 0.276. The largest absolute Gasteiger partial charge is 0.490 e. The highest BCUT2D eigenvalue weighted by atomic mass is 35.5. The minimum atomic E-state index is -0.638. The predicted molar refractivity (Wildman–Crippen MR) is 140 cm³/mol. The van der Waals surface area contributed by atoms with Crippen molar-refractivity contribution in [3.63, 3.8) is 0 Å². The number of nitrogens with zero attached hydrogens (tertiary/aromatic N) is 1. The number of fused-ring (bicyclic) bond motifs is 3. The van der Waals surface area contributed by atoms with Gasteiger partial charge in [0.1, 0.15) is 12.3 Å². The van der Waals surface area contributed by atoms with Gasteiger partial charge >= 0.3 is 0 Å². The lowest BCUT2D eigenvalue weighted by Gasteiger charge is -2.40. The number of carbonyl (C=O) groups is 1. The Morgan fingerprint density at radius 3 is 2.66 bits per heavy atom. The Morgan fingerprint density at radius 1 is 1.03 bits per heavy atom. The fourth-order valence-electron chi connectivity index (χ4n) is 5.16. The van der Waals surface area contributed by atoms with E-state index in [4.69, 9.17) is 21.1 Å². The van der Waals surface area contributed by atoms with Crippen LogP contribution in [0.5, 0.6) is 11.5 Å². The van der Waals surface area contributed by atoms with E-state index in [0.29, 0.717) is 36.3 Å². The average Bonchev–Trinajstić information content (AvgIpc) is 3.27. The van der Waals surface area contributed by atoms with Crippen LogP contribution in [-0.2, 0) is 16.8 Å². The number of benzene rings is 3. The van der Waals surface area contributed by atoms with Gasteiger partial charge in [-0.3, -0.25) is 4.79 Å². The van der Waals surface area contributed by atoms with Crippen molar-refractivity contribution in [2.75, 3.05) is 18.1 Å². The molecule has 0 aromatic heterocycles. The van der Waals surface area contributed by atoms with Crippen LogP contribution in [0.15, 0.2) is 72.8 Å². The number of ether oxygens (including phenoxy) is 2. The van der Waals surface area contributed by atoms with E-state index in [-0.39, 0.29) is 11.3 Å². The van der Waals surface area contributed by atoms with E-state index in [1.807, 2.05) is 55.5 Å². The number of hydrogen-bond donors (Lipinski definition) is 1. The summed E-state index contributed by atoms with van der Waals surface area (Å²) in [4.78, 5) is 14.7. The van der Waals surface area contributed by atoms with Crippen molar-refractivity contribution < 1.29 is 14.3 Å². The molecule has 5 rings (SSSR count). The second-order valence-corrected chi connectivity index (χ2v) is 9.87. The lowest BCUT2D eigenvalue weighted by atomic mass is 9.75. The van der Waals surface area contributed by atoms with Gasteiger partial charge in [-0.15, -0.1) is 0 Å². The van der Waals surface area contributed by atoms with E-state index in [1.165, 1.54) is 5.56 Å². The van der Waals surface area contributed by atoms with Crippen molar-refractivity contribution in [3.8, 4) is 11.5 Å². The molecule has 1 saturated heterocycles. The lowest BCUT2D eigenvalue weighted by Crippen LogP contribution is -2.58. The number of rotatable bonds is 7. The molecule has 0 aliphatic carbocycles. The molecule has 6 heteroatoms. The van der Waals surface area contributed by atoms with E-state index in [1.54, 1.807) is 0 Å². The zero-order valence-electron chi connectivity index (χ0n) is 20.2. The van der Waals surface area contributed by atoms with Crippen molar-refractivity contribution in [2.45, 2.75) is 38.5 Å². The van der Waals surface area contributed by atoms with Crippen LogP contribution < -0.4 is 19.7 Å². The normalized spacial score (nSPS) is 20.0. The smallest absolute Gasteiger partial charge is 0.241 e. The molecule has 0 radical (unpaired) electrons. The topological polar surface area (TPSA) is 50.8 Å². The number of amides is 1. The average molecular weight is 489 g/mol. The van der Waals surface area contributed by atoms with Gasteiger partial charge in [0.25, 0.3) is 0 Å². The zero-order valence-corrected chi connectivity index (χ0v) is 20.9. The molecule has 3 aromatic carbocycles. The second-order valence-electron chi connectivity index (χ2n) is 9.43. The highest BCUT2D eigenvalue weighted by Crippen LogP contribution is 2.52. The number of carbonyl (C=O) groups excluding carboxylic acids is 1. The van der Waals surface area contributed by atoms with Gasteiger partial charge in [0.05, 0.1) is 13.2 Å². The summed E-state index contributed by atoms with van der Waals surface area (Å²) >= 11 is 6.10. The van der Waals surface area contributed by atoms with Crippen LogP contribution in [-0.4, -0.2) is 24.7 Å². The summed E-state index contributed by atoms with van der Waals surface area (Å²) in [5.41, 5.74) is 3.33. The standard InChI is InChI=1S/C29H29ClN2O3/c1-4-34-26-17-20(12-13-25(26)35-19-21-8-7-9-22(30)16-21)14-15-29-28(2,3)23-10-5-6-11-24(23)32(29)18-27(33)31-29/h5-17H,4,18-19H2,1-3H3,(H,31,33). The van der Waals surface area contributed by atoms with E-state index < -0.39 is 5.66 Å². The molecule has 0 spiro atoms. The number of halogens is 1. The summed E-state index contributed by atoms with van der Waals surface area (Å²) in [5, 5.41) is 3.95. The molecule has 1 fully saturated rings. The van der Waals surface area contributed by atoms with Crippen molar-refractivity contribution >= 4 is 29.3 Å². The van der Waals surface area contributed by atoms with Crippen molar-refractivity contribution in [1.82, 2.24) is 5.32 Å². The van der Waals surface area contributed by atoms with E-state index in [2.05, 4.69) is 54.4 Å². The molecule has 5 nitrogen and oxygen atoms in total. The Kier molecular flexibility index (Phi) is 5.97. The van der Waals surface area contributed by atoms with Crippen LogP contribution in [0.2, 0.25) is 5.02 Å². The maximum absolute atomic E-state index is 12.5. The van der Waals surface area contributed by atoms with Gasteiger partial charge < -0.3 is 19.7 Å². The van der Waals surface area contributed by atoms with Gasteiger partial charge in [-0.25, -0.2) is 0 Å². The van der Waals surface area contributed by atoms with Gasteiger partial charge in [0.15, 0.2) is 11.5 Å². The Bertz CT molecular complexity index is 1300. The maximum Gasteiger partial charge on any atom is 0.241 e. The molecule has 2 heterocycles. The molecule has 2 aliphatic heterocycles. The summed E-state index contributed by atoms with van der Waals surface area (Å²) in [7, 11) is 0. The molecule has 1 amide bonds. The van der Waals surface area contributed by atoms with Crippen LogP contribution in [0.3, 0.4) is 0 Å². The molecule has 2 aliphatic rings. The molecule has 35 heavy (non-hydrogen) atoms. The van der Waals surface area contributed by atoms with E-state index in [9.17, 15) is 4.79 Å². The number of nitrogens with one attached hydrogen (secondary N) is 1. The Balaban J connectivity index is 1.43. The number of hydrogen-bond acceptors (Lipinski definition) is 4. The molecule has 3 aromatic rings. The van der Waals surface area contributed by atoms with E-state index in [0.717, 1.165) is 16.8 Å². The van der Waals surface area contributed by atoms with Crippen LogP contribution in [0.25, 0.3) is 6.08 Å². The highest BCUT2D eigenvalue weighted by molar-refractivity contribution is 6.30. The Morgan fingerprint density at radius 2 is 1.86 bits per heavy atom. The van der Waals surface area contributed by atoms with Crippen LogP contribution in [0, 0.1) is 0 Å². The fourth-order valence-corrected chi connectivity index (χ4v) is 5.37. The molecule has 1 unspecified atom stereocenters. The molecule has 0 bridgehead atoms. The van der Waals surface area contributed by atoms with Crippen molar-refractivity contribution in [2.24, 2.45) is 0 Å². The summed E-state index contributed by atoms with van der Waals surface area (Å²) in [5.74, 6) is 1.37. The molecule has 1 atom stereocenters. The van der Waals surface area contributed by atoms with Gasteiger partial charge in [-0.1, -0.05) is 67.9 Å². The molecule has 1 N–H and O–H groups in total. The third-order valence-electron chi connectivity index (χ3n) is 6.95. The quantitative estimate of drug-likeness (QED) is 0.446. The van der Waals surface area contributed by atoms with Crippen molar-refractivity contribution in [3.05, 3.63) is 94.5 Å². The van der Waals surface area contributed by atoms with Gasteiger partial charge in [0.2, 0.25) is 5.91 Å². The predicted octanol–water partition coefficient (Wildman–Crippen LogP) is 5.95. The SMILES string of the molecule is CCOc1cc(C=CC23NC(=O)CN2c2ccccc2C3(C)C)ccc1OCc1cccc(Cl)c1. The monoisotopic (exact) mass is 488 g/mol. The van der Waals surface area contributed by atoms with Crippen LogP contribution in [0.4, 0.5) is 5.69 Å². The third-order valence-corrected chi connectivity index (χ3v) is 7.18. The van der Waals surface area contributed by atoms with Gasteiger partial charge in [-0.05, 0) is 60.0 Å². The van der Waals surface area contributed by atoms with Crippen LogP contribution >= 0.6 is 11.6 Å². The maximum atomic E-state index is 12.5. The Hall–Kier alpha value is -3.44. The van der Waals surface area contributed by atoms with E-state index >= 15 is 0 Å². The first-order valence-corrected chi connectivity index (χ1v) is 12.2. The van der Waals surface area contributed by atoms with Gasteiger partial charge in [-0.2, -0.15) is 0 Å². The second kappa shape index (κ2) is 8.97. The molecular weight excluding hydrogens is 460 g/mol. The summed E-state index contributed by atoms with van der Waals surface area (Å²) in [6.45, 7) is 7.57. The first-order chi connectivity index (χ1) is 16.8. The number of para-hydroxylation sites is 1.